The Hall–Kier alpha value is -1.88. The molecule has 1 heterocycles. The number of anilines is 1. The van der Waals surface area contributed by atoms with Crippen molar-refractivity contribution in [1.82, 2.24) is 4.98 Å². The third-order valence-electron chi connectivity index (χ3n) is 2.72. The van der Waals surface area contributed by atoms with Crippen LogP contribution < -0.4 is 10.1 Å². The molecule has 0 unspecified atom stereocenters. The van der Waals surface area contributed by atoms with E-state index in [-0.39, 0.29) is 5.91 Å². The summed E-state index contributed by atoms with van der Waals surface area (Å²) >= 11 is 3.43. The lowest BCUT2D eigenvalue weighted by Crippen LogP contribution is -2.13. The second-order valence-corrected chi connectivity index (χ2v) is 5.00. The monoisotopic (exact) mass is 334 g/mol. The van der Waals surface area contributed by atoms with Gasteiger partial charge in [-0.15, -0.1) is 0 Å². The van der Waals surface area contributed by atoms with Gasteiger partial charge in [0.2, 0.25) is 5.88 Å². The van der Waals surface area contributed by atoms with E-state index in [1.165, 1.54) is 0 Å². The molecule has 2 aromatic rings. The maximum atomic E-state index is 12.2. The van der Waals surface area contributed by atoms with Gasteiger partial charge in [0.15, 0.2) is 0 Å². The number of hydrogen-bond acceptors (Lipinski definition) is 3. The van der Waals surface area contributed by atoms with Gasteiger partial charge in [-0.05, 0) is 47.5 Å². The number of hydrogen-bond donors (Lipinski definition) is 1. The number of carbonyl (C=O) groups is 1. The van der Waals surface area contributed by atoms with E-state index >= 15 is 0 Å². The summed E-state index contributed by atoms with van der Waals surface area (Å²) in [5.41, 5.74) is 2.24. The standard InChI is InChI=1S/C15H15BrN2O2/c1-3-20-13-8-7-11(9-17-13)18-15(19)12-6-4-5-10(2)14(12)16/h4-9H,3H2,1-2H3,(H,18,19). The molecular formula is C15H15BrN2O2. The van der Waals surface area contributed by atoms with Crippen molar-refractivity contribution in [3.63, 3.8) is 0 Å². The Bertz CT molecular complexity index is 612. The molecule has 0 spiro atoms. The highest BCUT2D eigenvalue weighted by atomic mass is 79.9. The SMILES string of the molecule is CCOc1ccc(NC(=O)c2cccc(C)c2Br)cn1. The van der Waals surface area contributed by atoms with Crippen LogP contribution in [-0.4, -0.2) is 17.5 Å². The second-order valence-electron chi connectivity index (χ2n) is 4.21. The van der Waals surface area contributed by atoms with Crippen LogP contribution in [0.2, 0.25) is 0 Å². The van der Waals surface area contributed by atoms with Gasteiger partial charge in [0.1, 0.15) is 0 Å². The first-order valence-corrected chi connectivity index (χ1v) is 7.06. The molecule has 0 saturated heterocycles. The predicted octanol–water partition coefficient (Wildman–Crippen LogP) is 3.80. The van der Waals surface area contributed by atoms with Crippen molar-refractivity contribution in [3.8, 4) is 5.88 Å². The molecule has 1 amide bonds. The average Bonchev–Trinajstić information content (AvgIpc) is 2.44. The number of aryl methyl sites for hydroxylation is 1. The molecule has 1 aromatic heterocycles. The molecule has 0 atom stereocenters. The summed E-state index contributed by atoms with van der Waals surface area (Å²) in [4.78, 5) is 16.3. The topological polar surface area (TPSA) is 51.2 Å². The summed E-state index contributed by atoms with van der Waals surface area (Å²) in [6.45, 7) is 4.40. The van der Waals surface area contributed by atoms with Gasteiger partial charge < -0.3 is 10.1 Å². The van der Waals surface area contributed by atoms with Crippen molar-refractivity contribution in [3.05, 3.63) is 52.1 Å². The number of halogens is 1. The molecule has 0 aliphatic heterocycles. The number of benzene rings is 1. The zero-order valence-corrected chi connectivity index (χ0v) is 12.9. The summed E-state index contributed by atoms with van der Waals surface area (Å²) in [5, 5.41) is 2.81. The fraction of sp³-hybridized carbons (Fsp3) is 0.200. The van der Waals surface area contributed by atoms with Crippen LogP contribution >= 0.6 is 15.9 Å². The molecule has 1 aromatic carbocycles. The maximum absolute atomic E-state index is 12.2. The van der Waals surface area contributed by atoms with E-state index in [9.17, 15) is 4.79 Å². The number of nitrogens with zero attached hydrogens (tertiary/aromatic N) is 1. The summed E-state index contributed by atoms with van der Waals surface area (Å²) in [6, 6.07) is 9.06. The summed E-state index contributed by atoms with van der Waals surface area (Å²) in [5.74, 6) is 0.369. The third kappa shape index (κ3) is 3.36. The summed E-state index contributed by atoms with van der Waals surface area (Å²) in [7, 11) is 0. The number of amides is 1. The van der Waals surface area contributed by atoms with E-state index in [1.54, 1.807) is 24.4 Å². The summed E-state index contributed by atoms with van der Waals surface area (Å²) < 4.78 is 6.06. The smallest absolute Gasteiger partial charge is 0.256 e. The zero-order chi connectivity index (χ0) is 14.5. The van der Waals surface area contributed by atoms with Gasteiger partial charge in [-0.1, -0.05) is 12.1 Å². The van der Waals surface area contributed by atoms with Crippen LogP contribution in [0, 0.1) is 6.92 Å². The molecule has 0 aliphatic carbocycles. The number of carbonyl (C=O) groups excluding carboxylic acids is 1. The molecule has 2 rings (SSSR count). The molecule has 20 heavy (non-hydrogen) atoms. The van der Waals surface area contributed by atoms with Gasteiger partial charge in [0.25, 0.3) is 5.91 Å². The number of nitrogens with one attached hydrogen (secondary N) is 1. The molecule has 0 fully saturated rings. The van der Waals surface area contributed by atoms with E-state index in [2.05, 4.69) is 26.2 Å². The van der Waals surface area contributed by atoms with Crippen molar-refractivity contribution < 1.29 is 9.53 Å². The van der Waals surface area contributed by atoms with Crippen LogP contribution in [0.1, 0.15) is 22.8 Å². The Kier molecular flexibility index (Phi) is 4.74. The van der Waals surface area contributed by atoms with Crippen molar-refractivity contribution in [2.75, 3.05) is 11.9 Å². The fourth-order valence-corrected chi connectivity index (χ4v) is 2.15. The van der Waals surface area contributed by atoms with Gasteiger partial charge in [-0.2, -0.15) is 0 Å². The Labute approximate surface area is 126 Å². The molecule has 104 valence electrons. The van der Waals surface area contributed by atoms with Crippen LogP contribution in [0.15, 0.2) is 41.0 Å². The van der Waals surface area contributed by atoms with Crippen molar-refractivity contribution >= 4 is 27.5 Å². The number of rotatable bonds is 4. The first kappa shape index (κ1) is 14.5. The Balaban J connectivity index is 2.13. The number of ether oxygens (including phenoxy) is 1. The zero-order valence-electron chi connectivity index (χ0n) is 11.3. The number of pyridine rings is 1. The van der Waals surface area contributed by atoms with Gasteiger partial charge in [0.05, 0.1) is 24.1 Å². The Morgan fingerprint density at radius 1 is 1.35 bits per heavy atom. The first-order valence-electron chi connectivity index (χ1n) is 6.27. The molecule has 0 radical (unpaired) electrons. The third-order valence-corrected chi connectivity index (χ3v) is 3.78. The largest absolute Gasteiger partial charge is 0.478 e. The highest BCUT2D eigenvalue weighted by Gasteiger charge is 2.11. The van der Waals surface area contributed by atoms with Crippen molar-refractivity contribution in [1.29, 1.82) is 0 Å². The molecule has 0 saturated carbocycles. The predicted molar refractivity (Wildman–Crippen MR) is 82.2 cm³/mol. The minimum absolute atomic E-state index is 0.175. The van der Waals surface area contributed by atoms with Crippen LogP contribution in [0.25, 0.3) is 0 Å². The Morgan fingerprint density at radius 3 is 2.80 bits per heavy atom. The van der Waals surface area contributed by atoms with Crippen LogP contribution in [0.4, 0.5) is 5.69 Å². The molecule has 0 aliphatic rings. The lowest BCUT2D eigenvalue weighted by molar-refractivity contribution is 0.102. The van der Waals surface area contributed by atoms with Gasteiger partial charge in [0, 0.05) is 10.5 Å². The highest BCUT2D eigenvalue weighted by molar-refractivity contribution is 9.10. The lowest BCUT2D eigenvalue weighted by Gasteiger charge is -2.09. The lowest BCUT2D eigenvalue weighted by atomic mass is 10.1. The second kappa shape index (κ2) is 6.52. The quantitative estimate of drug-likeness (QED) is 0.925. The van der Waals surface area contributed by atoms with E-state index in [0.717, 1.165) is 10.0 Å². The van der Waals surface area contributed by atoms with E-state index in [1.807, 2.05) is 26.0 Å². The fourth-order valence-electron chi connectivity index (χ4n) is 1.71. The Morgan fingerprint density at radius 2 is 2.15 bits per heavy atom. The molecule has 5 heteroatoms. The molecular weight excluding hydrogens is 320 g/mol. The molecule has 1 N–H and O–H groups in total. The molecule has 0 bridgehead atoms. The summed E-state index contributed by atoms with van der Waals surface area (Å²) in [6.07, 6.45) is 1.58. The van der Waals surface area contributed by atoms with Gasteiger partial charge in [-0.3, -0.25) is 4.79 Å². The maximum Gasteiger partial charge on any atom is 0.256 e. The van der Waals surface area contributed by atoms with E-state index in [4.69, 9.17) is 4.74 Å². The van der Waals surface area contributed by atoms with Crippen LogP contribution in [0.3, 0.4) is 0 Å². The van der Waals surface area contributed by atoms with Crippen LogP contribution in [0.5, 0.6) is 5.88 Å². The van der Waals surface area contributed by atoms with Gasteiger partial charge >= 0.3 is 0 Å². The van der Waals surface area contributed by atoms with Gasteiger partial charge in [-0.25, -0.2) is 4.98 Å². The van der Waals surface area contributed by atoms with Crippen molar-refractivity contribution in [2.24, 2.45) is 0 Å². The van der Waals surface area contributed by atoms with Crippen LogP contribution in [-0.2, 0) is 0 Å². The average molecular weight is 335 g/mol. The molecule has 4 nitrogen and oxygen atoms in total. The highest BCUT2D eigenvalue weighted by Crippen LogP contribution is 2.22. The minimum Gasteiger partial charge on any atom is -0.478 e. The van der Waals surface area contributed by atoms with Crippen molar-refractivity contribution in [2.45, 2.75) is 13.8 Å². The van der Waals surface area contributed by atoms with E-state index < -0.39 is 0 Å². The number of aromatic nitrogens is 1. The normalized spacial score (nSPS) is 10.2. The minimum atomic E-state index is -0.175. The first-order chi connectivity index (χ1) is 9.61. The van der Waals surface area contributed by atoms with E-state index in [0.29, 0.717) is 23.7 Å².